The van der Waals surface area contributed by atoms with Crippen LogP contribution in [-0.4, -0.2) is 166 Å². The molecule has 0 aliphatic carbocycles. The second-order valence-electron chi connectivity index (χ2n) is 17.4. The lowest BCUT2D eigenvalue weighted by molar-refractivity contribution is -0.244. The summed E-state index contributed by atoms with van der Waals surface area (Å²) >= 11 is 7.10. The lowest BCUT2D eigenvalue weighted by Crippen LogP contribution is -2.65. The van der Waals surface area contributed by atoms with Gasteiger partial charge in [0.2, 0.25) is 24.0 Å². The van der Waals surface area contributed by atoms with Gasteiger partial charge in [0.25, 0.3) is 0 Å². The van der Waals surface area contributed by atoms with Gasteiger partial charge < -0.3 is 71.4 Å². The predicted octanol–water partition coefficient (Wildman–Crippen LogP) is 2.02. The third kappa shape index (κ3) is 12.4. The van der Waals surface area contributed by atoms with Gasteiger partial charge in [0, 0.05) is 89.0 Å². The van der Waals surface area contributed by atoms with E-state index in [0.717, 1.165) is 16.9 Å². The summed E-state index contributed by atoms with van der Waals surface area (Å²) < 4.78 is 12.7. The van der Waals surface area contributed by atoms with Crippen LogP contribution in [0.4, 0.5) is 21.0 Å². The van der Waals surface area contributed by atoms with E-state index in [4.69, 9.17) is 15.2 Å². The number of aromatic nitrogens is 1. The van der Waals surface area contributed by atoms with Gasteiger partial charge in [-0.15, -0.1) is 0 Å². The molecule has 3 aromatic rings. The Hall–Kier alpha value is -5.10. The maximum atomic E-state index is 14.6. The summed E-state index contributed by atoms with van der Waals surface area (Å²) in [6, 6.07) is 10.8. The Morgan fingerprint density at radius 2 is 1.62 bits per heavy atom. The Bertz CT molecular complexity index is 2230. The summed E-state index contributed by atoms with van der Waals surface area (Å²) in [6.45, 7) is 4.22. The number of likely N-dealkylation sites (tertiary alicyclic amines) is 1. The maximum absolute atomic E-state index is 14.6. The molecule has 1 aromatic heterocycles. The van der Waals surface area contributed by atoms with Crippen molar-refractivity contribution in [3.63, 3.8) is 0 Å². The molecule has 2 aromatic carbocycles. The number of ether oxygens (including phenoxy) is 2. The van der Waals surface area contributed by atoms with E-state index in [1.54, 1.807) is 39.2 Å². The number of piperazine rings is 1. The molecule has 0 saturated carbocycles. The van der Waals surface area contributed by atoms with E-state index in [1.807, 2.05) is 36.4 Å². The number of aliphatic hydroxyl groups excluding tert-OH is 3. The standard InChI is InChI=1S/C46H60Br2N10O10/c1-27(60)51-38-40(62)39(61)37(26-59)67-44(38)68-41-32(47)22-28(23-33(41)48)24-36(54-45(65)57-16-11-31(12-17-57)58-25-29-6-2-3-7-34(29)53-46(58)66)42(63)52-35(8-4-5-13-49)43(64)56-20-18-55(19-21-56)30-9-14-50-15-10-30/h2-3,6-7,9-10,14-15,22-23,31,35-40,44,59,61-62H,4-5,8,11-13,16-21,24-26,49H2,1H3,(H,51,60)(H,52,63)(H,53,66)(H,54,65)/t35-,36+,37?,38+,39+,40?,44+/m0/s1. The van der Waals surface area contributed by atoms with Crippen LogP contribution in [-0.2, 0) is 32.1 Å². The van der Waals surface area contributed by atoms with Crippen molar-refractivity contribution < 1.29 is 48.8 Å². The van der Waals surface area contributed by atoms with Crippen molar-refractivity contribution in [1.82, 2.24) is 35.6 Å². The summed E-state index contributed by atoms with van der Waals surface area (Å²) in [5.41, 5.74) is 9.21. The van der Waals surface area contributed by atoms with Crippen LogP contribution in [0.1, 0.15) is 50.2 Å². The molecule has 4 aliphatic heterocycles. The monoisotopic (exact) mass is 1070 g/mol. The molecule has 20 nitrogen and oxygen atoms in total. The largest absolute Gasteiger partial charge is 0.460 e. The van der Waals surface area contributed by atoms with E-state index in [2.05, 4.69) is 63.0 Å². The molecule has 7 atom stereocenters. The number of amides is 7. The molecule has 0 spiro atoms. The van der Waals surface area contributed by atoms with Crippen molar-refractivity contribution in [2.24, 2.45) is 5.73 Å². The highest BCUT2D eigenvalue weighted by Crippen LogP contribution is 2.38. The summed E-state index contributed by atoms with van der Waals surface area (Å²) in [4.78, 5) is 79.7. The Labute approximate surface area is 411 Å². The Morgan fingerprint density at radius 3 is 2.28 bits per heavy atom. The number of carbonyl (C=O) groups is 5. The Balaban J connectivity index is 1.08. The number of rotatable bonds is 16. The van der Waals surface area contributed by atoms with Crippen molar-refractivity contribution in [1.29, 1.82) is 0 Å². The van der Waals surface area contributed by atoms with Gasteiger partial charge in [-0.25, -0.2) is 9.59 Å². The average molecular weight is 1070 g/mol. The van der Waals surface area contributed by atoms with Gasteiger partial charge in [0.05, 0.1) is 15.6 Å². The lowest BCUT2D eigenvalue weighted by Gasteiger charge is -2.42. The summed E-state index contributed by atoms with van der Waals surface area (Å²) in [7, 11) is 0. The minimum absolute atomic E-state index is 0.0286. The van der Waals surface area contributed by atoms with Gasteiger partial charge in [-0.1, -0.05) is 18.2 Å². The molecule has 0 bridgehead atoms. The fourth-order valence-corrected chi connectivity index (χ4v) is 10.6. The SMILES string of the molecule is CC(=O)N[C@@H]1C(O)[C@H](O)C(CO)O[C@@H]1Oc1c(Br)cc(C[C@@H](NC(=O)N2CCC(N3Cc4ccccc4NC3=O)CC2)C(=O)N[C@@H](CCCCN)C(=O)N2CCN(c3ccncc3)CC2)cc1Br. The Morgan fingerprint density at radius 1 is 0.926 bits per heavy atom. The molecule has 9 N–H and O–H groups in total. The fraction of sp³-hybridized carbons (Fsp3) is 0.522. The number of nitrogens with zero attached hydrogens (tertiary/aromatic N) is 5. The van der Waals surface area contributed by atoms with Crippen LogP contribution < -0.4 is 36.6 Å². The highest BCUT2D eigenvalue weighted by Gasteiger charge is 2.46. The van der Waals surface area contributed by atoms with E-state index >= 15 is 0 Å². The quantitative estimate of drug-likeness (QED) is 0.0957. The van der Waals surface area contributed by atoms with Gasteiger partial charge in [-0.3, -0.25) is 19.4 Å². The lowest BCUT2D eigenvalue weighted by atomic mass is 9.97. The molecule has 5 heterocycles. The Kier molecular flexibility index (Phi) is 17.5. The zero-order valence-corrected chi connectivity index (χ0v) is 40.9. The van der Waals surface area contributed by atoms with Crippen LogP contribution in [0, 0.1) is 0 Å². The minimum atomic E-state index is -1.54. The number of urea groups is 2. The first-order valence-corrected chi connectivity index (χ1v) is 24.5. The van der Waals surface area contributed by atoms with Crippen LogP contribution >= 0.6 is 31.9 Å². The van der Waals surface area contributed by atoms with Gasteiger partial charge >= 0.3 is 12.1 Å². The topological polar surface area (TPSA) is 264 Å². The molecule has 368 valence electrons. The smallest absolute Gasteiger partial charge is 0.322 e. The highest BCUT2D eigenvalue weighted by atomic mass is 79.9. The van der Waals surface area contributed by atoms with Crippen LogP contribution in [0.2, 0.25) is 0 Å². The summed E-state index contributed by atoms with van der Waals surface area (Å²) in [5.74, 6) is -1.13. The summed E-state index contributed by atoms with van der Waals surface area (Å²) in [5, 5.41) is 42.7. The third-order valence-electron chi connectivity index (χ3n) is 12.8. The number of aliphatic hydroxyl groups is 3. The first-order chi connectivity index (χ1) is 32.7. The van der Waals surface area contributed by atoms with Crippen molar-refractivity contribution in [2.75, 3.05) is 62.6 Å². The highest BCUT2D eigenvalue weighted by molar-refractivity contribution is 9.11. The number of para-hydroxylation sites is 1. The van der Waals surface area contributed by atoms with E-state index in [1.165, 1.54) is 6.92 Å². The maximum Gasteiger partial charge on any atom is 0.322 e. The number of unbranched alkanes of at least 4 members (excludes halogenated alkanes) is 1. The molecule has 2 unspecified atom stereocenters. The molecule has 3 fully saturated rings. The number of benzene rings is 2. The van der Waals surface area contributed by atoms with E-state index in [-0.39, 0.29) is 30.2 Å². The molecular formula is C46H60Br2N10O10. The second kappa shape index (κ2) is 23.5. The van der Waals surface area contributed by atoms with Crippen LogP contribution in [0.15, 0.2) is 69.9 Å². The molecule has 7 amide bonds. The van der Waals surface area contributed by atoms with Crippen LogP contribution in [0.5, 0.6) is 5.75 Å². The fourth-order valence-electron chi connectivity index (χ4n) is 9.10. The number of carbonyl (C=O) groups excluding carboxylic acids is 5. The minimum Gasteiger partial charge on any atom is -0.460 e. The van der Waals surface area contributed by atoms with E-state index < -0.39 is 67.2 Å². The molecular weight excluding hydrogens is 1010 g/mol. The van der Waals surface area contributed by atoms with E-state index in [9.17, 15) is 39.3 Å². The number of halogens is 2. The van der Waals surface area contributed by atoms with Crippen molar-refractivity contribution in [3.8, 4) is 5.75 Å². The number of nitrogens with two attached hydrogens (primary N) is 1. The molecule has 22 heteroatoms. The van der Waals surface area contributed by atoms with Crippen molar-refractivity contribution in [3.05, 3.63) is 81.0 Å². The van der Waals surface area contributed by atoms with Gasteiger partial charge in [0.15, 0.2) is 5.75 Å². The number of hydrogen-bond donors (Lipinski definition) is 8. The van der Waals surface area contributed by atoms with Gasteiger partial charge in [-0.2, -0.15) is 0 Å². The molecule has 7 rings (SSSR count). The zero-order chi connectivity index (χ0) is 48.5. The van der Waals surface area contributed by atoms with Gasteiger partial charge in [0.1, 0.15) is 36.4 Å². The third-order valence-corrected chi connectivity index (χ3v) is 14.0. The number of hydrogen-bond acceptors (Lipinski definition) is 13. The van der Waals surface area contributed by atoms with Crippen molar-refractivity contribution >= 4 is 73.0 Å². The van der Waals surface area contributed by atoms with Crippen LogP contribution in [0.25, 0.3) is 0 Å². The number of nitrogens with one attached hydrogen (secondary N) is 4. The second-order valence-corrected chi connectivity index (χ2v) is 19.2. The summed E-state index contributed by atoms with van der Waals surface area (Å²) in [6.07, 6.45) is 0.432. The number of pyridine rings is 1. The molecule has 4 aliphatic rings. The normalized spacial score (nSPS) is 22.9. The zero-order valence-electron chi connectivity index (χ0n) is 37.8. The van der Waals surface area contributed by atoms with Crippen LogP contribution in [0.3, 0.4) is 0 Å². The van der Waals surface area contributed by atoms with Crippen molar-refractivity contribution in [2.45, 2.75) is 101 Å². The first kappa shape index (κ1) is 50.8. The average Bonchev–Trinajstić information content (AvgIpc) is 3.34. The van der Waals surface area contributed by atoms with Gasteiger partial charge in [-0.05, 0) is 112 Å². The number of fused-ring (bicyclic) bond motifs is 1. The number of piperidine rings is 1. The number of anilines is 2. The molecule has 68 heavy (non-hydrogen) atoms. The molecule has 3 saturated heterocycles. The molecule has 0 radical (unpaired) electrons. The van der Waals surface area contributed by atoms with E-state index in [0.29, 0.717) is 99.0 Å². The predicted molar refractivity (Wildman–Crippen MR) is 257 cm³/mol. The first-order valence-electron chi connectivity index (χ1n) is 22.9.